The Bertz CT molecular complexity index is 563. The predicted molar refractivity (Wildman–Crippen MR) is 77.3 cm³/mol. The van der Waals surface area contributed by atoms with Gasteiger partial charge in [-0.15, -0.1) is 0 Å². The van der Waals surface area contributed by atoms with E-state index in [2.05, 4.69) is 10.2 Å². The number of hydrogen-bond acceptors (Lipinski definition) is 4. The van der Waals surface area contributed by atoms with Gasteiger partial charge in [-0.25, -0.2) is 0 Å². The third-order valence-electron chi connectivity index (χ3n) is 3.74. The number of phenolic OH excluding ortho intramolecular Hbond substituents is 1. The molecule has 0 aliphatic carbocycles. The Balaban J connectivity index is 1.99. The zero-order valence-corrected chi connectivity index (χ0v) is 12.7. The third-order valence-corrected chi connectivity index (χ3v) is 3.74. The maximum Gasteiger partial charge on any atom is 0.417 e. The molecule has 1 heterocycles. The molecule has 0 radical (unpaired) electrons. The molecule has 1 saturated heterocycles. The Kier molecular flexibility index (Phi) is 5.48. The van der Waals surface area contributed by atoms with E-state index in [0.717, 1.165) is 18.7 Å². The molecule has 1 unspecified atom stereocenters. The molecule has 23 heavy (non-hydrogen) atoms. The number of phenols is 1. The maximum absolute atomic E-state index is 12.9. The summed E-state index contributed by atoms with van der Waals surface area (Å²) in [6.07, 6.45) is -4.65. The Morgan fingerprint density at radius 2 is 2.22 bits per heavy atom. The Labute approximate surface area is 132 Å². The van der Waals surface area contributed by atoms with Crippen LogP contribution < -0.4 is 5.32 Å². The minimum atomic E-state index is -4.65. The molecule has 0 bridgehead atoms. The zero-order chi connectivity index (χ0) is 17.0. The first kappa shape index (κ1) is 17.6. The number of amides is 1. The highest BCUT2D eigenvalue weighted by molar-refractivity contribution is 5.96. The number of halogens is 3. The van der Waals surface area contributed by atoms with Crippen LogP contribution in [-0.4, -0.2) is 54.8 Å². The minimum Gasteiger partial charge on any atom is -0.508 e. The zero-order valence-electron chi connectivity index (χ0n) is 12.7. The molecule has 1 aromatic rings. The topological polar surface area (TPSA) is 61.8 Å². The van der Waals surface area contributed by atoms with Crippen molar-refractivity contribution in [2.45, 2.75) is 19.1 Å². The lowest BCUT2D eigenvalue weighted by atomic mass is 10.1. The average molecular weight is 332 g/mol. The molecule has 1 aliphatic rings. The van der Waals surface area contributed by atoms with Gasteiger partial charge in [0.2, 0.25) is 0 Å². The van der Waals surface area contributed by atoms with Crippen LogP contribution in [0.25, 0.3) is 0 Å². The lowest BCUT2D eigenvalue weighted by Gasteiger charge is -2.33. The van der Waals surface area contributed by atoms with Gasteiger partial charge in [0, 0.05) is 25.7 Å². The summed E-state index contributed by atoms with van der Waals surface area (Å²) in [6.45, 7) is 4.64. The van der Waals surface area contributed by atoms with Crippen LogP contribution in [0.5, 0.6) is 5.75 Å². The first-order chi connectivity index (χ1) is 10.8. The van der Waals surface area contributed by atoms with Gasteiger partial charge in [-0.05, 0) is 25.1 Å². The van der Waals surface area contributed by atoms with Gasteiger partial charge in [0.05, 0.1) is 24.3 Å². The van der Waals surface area contributed by atoms with E-state index in [4.69, 9.17) is 4.74 Å². The predicted octanol–water partition coefficient (Wildman–Crippen LogP) is 1.86. The van der Waals surface area contributed by atoms with Crippen molar-refractivity contribution in [3.63, 3.8) is 0 Å². The summed E-state index contributed by atoms with van der Waals surface area (Å²) in [7, 11) is 0. The van der Waals surface area contributed by atoms with E-state index < -0.39 is 23.2 Å². The van der Waals surface area contributed by atoms with E-state index in [1.807, 2.05) is 6.92 Å². The molecular weight excluding hydrogens is 313 g/mol. The second-order valence-electron chi connectivity index (χ2n) is 5.44. The average Bonchev–Trinajstić information content (AvgIpc) is 2.47. The highest BCUT2D eigenvalue weighted by Crippen LogP contribution is 2.33. The van der Waals surface area contributed by atoms with Gasteiger partial charge in [-0.1, -0.05) is 0 Å². The molecule has 5 nitrogen and oxygen atoms in total. The molecule has 0 spiro atoms. The Hall–Kier alpha value is -1.80. The first-order valence-corrected chi connectivity index (χ1v) is 7.29. The van der Waals surface area contributed by atoms with E-state index in [0.29, 0.717) is 25.8 Å². The highest BCUT2D eigenvalue weighted by Gasteiger charge is 2.35. The van der Waals surface area contributed by atoms with Crippen molar-refractivity contribution in [2.75, 3.05) is 32.8 Å². The number of aromatic hydroxyl groups is 1. The van der Waals surface area contributed by atoms with Crippen LogP contribution in [0.15, 0.2) is 18.2 Å². The molecule has 0 saturated carbocycles. The summed E-state index contributed by atoms with van der Waals surface area (Å²) in [5, 5.41) is 11.8. The number of ether oxygens (including phenoxy) is 1. The number of morpholine rings is 1. The van der Waals surface area contributed by atoms with Crippen LogP contribution in [0.3, 0.4) is 0 Å². The van der Waals surface area contributed by atoms with Crippen molar-refractivity contribution in [3.8, 4) is 5.75 Å². The number of alkyl halides is 3. The normalized spacial score (nSPS) is 19.6. The smallest absolute Gasteiger partial charge is 0.417 e. The first-order valence-electron chi connectivity index (χ1n) is 7.29. The number of rotatable bonds is 4. The fourth-order valence-electron chi connectivity index (χ4n) is 2.47. The van der Waals surface area contributed by atoms with Crippen LogP contribution in [0, 0.1) is 0 Å². The van der Waals surface area contributed by atoms with Crippen LogP contribution in [0.2, 0.25) is 0 Å². The van der Waals surface area contributed by atoms with Crippen molar-refractivity contribution in [2.24, 2.45) is 0 Å². The van der Waals surface area contributed by atoms with Crippen LogP contribution in [0.1, 0.15) is 22.8 Å². The molecule has 1 atom stereocenters. The number of nitrogens with zero attached hydrogens (tertiary/aromatic N) is 1. The molecule has 1 aliphatic heterocycles. The minimum absolute atomic E-state index is 0.201. The van der Waals surface area contributed by atoms with Gasteiger partial charge in [0.15, 0.2) is 0 Å². The molecule has 1 fully saturated rings. The molecule has 2 rings (SSSR count). The van der Waals surface area contributed by atoms with Crippen molar-refractivity contribution in [1.29, 1.82) is 0 Å². The van der Waals surface area contributed by atoms with Gasteiger partial charge in [-0.3, -0.25) is 9.69 Å². The maximum atomic E-state index is 12.9. The lowest BCUT2D eigenvalue weighted by molar-refractivity contribution is -0.137. The molecule has 1 aromatic carbocycles. The molecule has 0 aromatic heterocycles. The van der Waals surface area contributed by atoms with E-state index in [1.54, 1.807) is 0 Å². The van der Waals surface area contributed by atoms with Gasteiger partial charge < -0.3 is 15.2 Å². The molecule has 2 N–H and O–H groups in total. The SMILES string of the molecule is CC1COCCN1CCNC(=O)c1cc(O)ccc1C(F)(F)F. The van der Waals surface area contributed by atoms with Crippen LogP contribution >= 0.6 is 0 Å². The monoisotopic (exact) mass is 332 g/mol. The van der Waals surface area contributed by atoms with E-state index >= 15 is 0 Å². The molecule has 128 valence electrons. The van der Waals surface area contributed by atoms with Gasteiger partial charge >= 0.3 is 6.18 Å². The summed E-state index contributed by atoms with van der Waals surface area (Å²) in [5.41, 5.74) is -1.64. The summed E-state index contributed by atoms with van der Waals surface area (Å²) in [5.74, 6) is -1.24. The lowest BCUT2D eigenvalue weighted by Crippen LogP contribution is -2.46. The van der Waals surface area contributed by atoms with E-state index in [9.17, 15) is 23.1 Å². The Morgan fingerprint density at radius 1 is 1.48 bits per heavy atom. The summed E-state index contributed by atoms with van der Waals surface area (Å²) in [6, 6.07) is 2.64. The summed E-state index contributed by atoms with van der Waals surface area (Å²) >= 11 is 0. The third kappa shape index (κ3) is 4.59. The van der Waals surface area contributed by atoms with Crippen LogP contribution in [-0.2, 0) is 10.9 Å². The number of nitrogens with one attached hydrogen (secondary N) is 1. The van der Waals surface area contributed by atoms with Gasteiger partial charge in [-0.2, -0.15) is 13.2 Å². The van der Waals surface area contributed by atoms with Gasteiger partial charge in [0.1, 0.15) is 5.75 Å². The van der Waals surface area contributed by atoms with E-state index in [-0.39, 0.29) is 18.3 Å². The highest BCUT2D eigenvalue weighted by atomic mass is 19.4. The van der Waals surface area contributed by atoms with Gasteiger partial charge in [0.25, 0.3) is 5.91 Å². The fraction of sp³-hybridized carbons (Fsp3) is 0.533. The second-order valence-corrected chi connectivity index (χ2v) is 5.44. The van der Waals surface area contributed by atoms with Crippen molar-refractivity contribution in [3.05, 3.63) is 29.3 Å². The van der Waals surface area contributed by atoms with Crippen molar-refractivity contribution in [1.82, 2.24) is 10.2 Å². The number of carbonyl (C=O) groups excluding carboxylic acids is 1. The fourth-order valence-corrected chi connectivity index (χ4v) is 2.47. The summed E-state index contributed by atoms with van der Waals surface area (Å²) in [4.78, 5) is 14.1. The molecule has 1 amide bonds. The largest absolute Gasteiger partial charge is 0.508 e. The number of carbonyl (C=O) groups is 1. The second kappa shape index (κ2) is 7.18. The summed E-state index contributed by atoms with van der Waals surface area (Å²) < 4.78 is 44.1. The number of benzene rings is 1. The number of hydrogen-bond donors (Lipinski definition) is 2. The van der Waals surface area contributed by atoms with E-state index in [1.165, 1.54) is 0 Å². The quantitative estimate of drug-likeness (QED) is 0.884. The van der Waals surface area contributed by atoms with Crippen molar-refractivity contribution < 1.29 is 27.8 Å². The standard InChI is InChI=1S/C15H19F3N2O3/c1-10-9-23-7-6-20(10)5-4-19-14(22)12-8-11(21)2-3-13(12)15(16,17)18/h2-3,8,10,21H,4-7,9H2,1H3,(H,19,22). The van der Waals surface area contributed by atoms with Crippen LogP contribution in [0.4, 0.5) is 13.2 Å². The molecule has 8 heteroatoms. The van der Waals surface area contributed by atoms with Crippen molar-refractivity contribution >= 4 is 5.91 Å². The molecular formula is C15H19F3N2O3. The Morgan fingerprint density at radius 3 is 2.87 bits per heavy atom.